The molecule has 2 fully saturated rings. The first-order chi connectivity index (χ1) is 15.4. The Hall–Kier alpha value is -0.970. The summed E-state index contributed by atoms with van der Waals surface area (Å²) in [5.41, 5.74) is 4.16. The van der Waals surface area contributed by atoms with Crippen LogP contribution in [0.15, 0.2) is 28.3 Å². The van der Waals surface area contributed by atoms with E-state index in [0.29, 0.717) is 17.9 Å². The minimum absolute atomic E-state index is 0.0411. The van der Waals surface area contributed by atoms with Gasteiger partial charge in [-0.3, -0.25) is 4.99 Å². The third-order valence-electron chi connectivity index (χ3n) is 10.8. The van der Waals surface area contributed by atoms with Crippen LogP contribution in [0.1, 0.15) is 80.1 Å². The summed E-state index contributed by atoms with van der Waals surface area (Å²) in [5.74, 6) is 1.08. The number of hydrogen-bond donors (Lipinski definition) is 2. The lowest BCUT2D eigenvalue weighted by atomic mass is 9.51. The molecule has 0 radical (unpaired) electrons. The molecule has 0 spiro atoms. The SMILES string of the molecule is CC(C)=NC(C)C1C(O)CC2(C)C3CCC4C(=CC3=CCC12C)CCC(N(C)C)C4(C)CO. The highest BCUT2D eigenvalue weighted by molar-refractivity contribution is 5.79. The molecule has 0 aromatic rings. The standard InChI is InChI=1S/C29H48N2O2/c1-18(2)30-19(3)26-24(33)16-29(6)23-11-10-22-20(15-21(23)13-14-28(26,29)5)9-12-25(31(7)8)27(22,4)17-32/h13,15,19,22-26,32-33H,9-12,14,16-17H2,1-8H3. The Kier molecular flexibility index (Phi) is 6.55. The van der Waals surface area contributed by atoms with E-state index in [4.69, 9.17) is 4.99 Å². The van der Waals surface area contributed by atoms with Gasteiger partial charge in [0.15, 0.2) is 0 Å². The first-order valence-corrected chi connectivity index (χ1v) is 13.3. The van der Waals surface area contributed by atoms with Gasteiger partial charge in [0, 0.05) is 23.1 Å². The zero-order valence-electron chi connectivity index (χ0n) is 22.4. The molecule has 2 N–H and O–H groups in total. The van der Waals surface area contributed by atoms with Crippen molar-refractivity contribution in [3.8, 4) is 0 Å². The molecule has 0 aliphatic heterocycles. The number of aliphatic hydroxyl groups is 2. The Morgan fingerprint density at radius 2 is 1.79 bits per heavy atom. The van der Waals surface area contributed by atoms with Crippen molar-refractivity contribution in [1.29, 1.82) is 0 Å². The average molecular weight is 457 g/mol. The largest absolute Gasteiger partial charge is 0.396 e. The lowest BCUT2D eigenvalue weighted by Gasteiger charge is -2.53. The van der Waals surface area contributed by atoms with Crippen LogP contribution in [0.3, 0.4) is 0 Å². The third kappa shape index (κ3) is 3.70. The fraction of sp³-hybridized carbons (Fsp3) is 0.828. The highest BCUT2D eigenvalue weighted by Gasteiger charge is 2.64. The van der Waals surface area contributed by atoms with Gasteiger partial charge >= 0.3 is 0 Å². The smallest absolute Gasteiger partial charge is 0.0599 e. The van der Waals surface area contributed by atoms with Crippen LogP contribution in [0.4, 0.5) is 0 Å². The van der Waals surface area contributed by atoms with Crippen LogP contribution >= 0.6 is 0 Å². The maximum Gasteiger partial charge on any atom is 0.0599 e. The molecule has 9 atom stereocenters. The van der Waals surface area contributed by atoms with Crippen molar-refractivity contribution in [3.05, 3.63) is 23.3 Å². The molecule has 0 bridgehead atoms. The number of aliphatic hydroxyl groups excluding tert-OH is 2. The Morgan fingerprint density at radius 3 is 2.39 bits per heavy atom. The molecule has 4 heteroatoms. The second kappa shape index (κ2) is 8.60. The van der Waals surface area contributed by atoms with Crippen molar-refractivity contribution in [1.82, 2.24) is 4.90 Å². The lowest BCUT2D eigenvalue weighted by molar-refractivity contribution is -0.0210. The molecule has 2 saturated carbocycles. The molecule has 4 nitrogen and oxygen atoms in total. The van der Waals surface area contributed by atoms with Gasteiger partial charge in [0.2, 0.25) is 0 Å². The second-order valence-electron chi connectivity index (χ2n) is 12.9. The van der Waals surface area contributed by atoms with Crippen LogP contribution in [0.5, 0.6) is 0 Å². The Morgan fingerprint density at radius 1 is 1.12 bits per heavy atom. The van der Waals surface area contributed by atoms with E-state index < -0.39 is 0 Å². The zero-order chi connectivity index (χ0) is 24.3. The van der Waals surface area contributed by atoms with E-state index in [1.165, 1.54) is 5.57 Å². The van der Waals surface area contributed by atoms with Crippen LogP contribution in [0.2, 0.25) is 0 Å². The van der Waals surface area contributed by atoms with Crippen LogP contribution in [0.25, 0.3) is 0 Å². The molecule has 9 unspecified atom stereocenters. The molecule has 33 heavy (non-hydrogen) atoms. The van der Waals surface area contributed by atoms with Gasteiger partial charge in [-0.2, -0.15) is 0 Å². The van der Waals surface area contributed by atoms with Gasteiger partial charge in [0.25, 0.3) is 0 Å². The summed E-state index contributed by atoms with van der Waals surface area (Å²) in [7, 11) is 4.33. The highest BCUT2D eigenvalue weighted by Crippen LogP contribution is 2.68. The van der Waals surface area contributed by atoms with E-state index in [9.17, 15) is 10.2 Å². The van der Waals surface area contributed by atoms with Gasteiger partial charge in [-0.05, 0) is 102 Å². The van der Waals surface area contributed by atoms with E-state index in [-0.39, 0.29) is 40.9 Å². The minimum Gasteiger partial charge on any atom is -0.396 e. The molecule has 0 aromatic heterocycles. The van der Waals surface area contributed by atoms with Crippen LogP contribution in [-0.4, -0.2) is 59.7 Å². The minimum atomic E-state index is -0.301. The van der Waals surface area contributed by atoms with Gasteiger partial charge in [-0.25, -0.2) is 0 Å². The molecule has 0 heterocycles. The average Bonchev–Trinajstić information content (AvgIpc) is 2.83. The normalized spacial score (nSPS) is 45.8. The summed E-state index contributed by atoms with van der Waals surface area (Å²) >= 11 is 0. The first-order valence-electron chi connectivity index (χ1n) is 13.3. The summed E-state index contributed by atoms with van der Waals surface area (Å²) < 4.78 is 0. The molecule has 0 saturated heterocycles. The fourth-order valence-electron chi connectivity index (χ4n) is 9.10. The number of rotatable bonds is 4. The maximum absolute atomic E-state index is 11.4. The monoisotopic (exact) mass is 456 g/mol. The van der Waals surface area contributed by atoms with Crippen molar-refractivity contribution >= 4 is 5.71 Å². The number of aliphatic imine (C=N–C) groups is 1. The van der Waals surface area contributed by atoms with Gasteiger partial charge in [-0.15, -0.1) is 0 Å². The summed E-state index contributed by atoms with van der Waals surface area (Å²) in [4.78, 5) is 7.24. The Labute approximate surface area is 202 Å². The number of allylic oxidation sites excluding steroid dienone is 4. The van der Waals surface area contributed by atoms with Crippen molar-refractivity contribution in [2.75, 3.05) is 20.7 Å². The number of nitrogens with zero attached hydrogens (tertiary/aromatic N) is 2. The lowest BCUT2D eigenvalue weighted by Crippen LogP contribution is -2.52. The molecule has 4 aliphatic rings. The van der Waals surface area contributed by atoms with Gasteiger partial charge in [0.05, 0.1) is 18.8 Å². The zero-order valence-corrected chi connectivity index (χ0v) is 22.4. The molecule has 4 aliphatic carbocycles. The molecule has 186 valence electrons. The topological polar surface area (TPSA) is 56.1 Å². The van der Waals surface area contributed by atoms with Crippen molar-refractivity contribution in [2.24, 2.45) is 39.0 Å². The maximum atomic E-state index is 11.4. The van der Waals surface area contributed by atoms with Crippen molar-refractivity contribution < 1.29 is 10.2 Å². The molecule has 0 amide bonds. The van der Waals surface area contributed by atoms with Crippen LogP contribution in [-0.2, 0) is 0 Å². The highest BCUT2D eigenvalue weighted by atomic mass is 16.3. The van der Waals surface area contributed by atoms with E-state index in [2.05, 4.69) is 72.7 Å². The number of fused-ring (bicyclic) bond motifs is 4. The summed E-state index contributed by atoms with van der Waals surface area (Å²) in [6, 6.07) is 0.547. The molecular formula is C29H48N2O2. The van der Waals surface area contributed by atoms with E-state index in [1.54, 1.807) is 5.57 Å². The van der Waals surface area contributed by atoms with Gasteiger partial charge in [-0.1, -0.05) is 38.5 Å². The Bertz CT molecular complexity index is 856. The predicted octanol–water partition coefficient (Wildman–Crippen LogP) is 5.25. The number of hydrogen-bond acceptors (Lipinski definition) is 4. The van der Waals surface area contributed by atoms with E-state index >= 15 is 0 Å². The molecule has 4 rings (SSSR count). The summed E-state index contributed by atoms with van der Waals surface area (Å²) in [6.07, 6.45) is 11.1. The van der Waals surface area contributed by atoms with Crippen LogP contribution in [0, 0.1) is 34.0 Å². The van der Waals surface area contributed by atoms with E-state index in [1.807, 2.05) is 0 Å². The Balaban J connectivity index is 1.71. The van der Waals surface area contributed by atoms with Crippen molar-refractivity contribution in [3.63, 3.8) is 0 Å². The molecule has 0 aromatic carbocycles. The first kappa shape index (κ1) is 25.1. The third-order valence-corrected chi connectivity index (χ3v) is 10.8. The fourth-order valence-corrected chi connectivity index (χ4v) is 9.10. The van der Waals surface area contributed by atoms with Gasteiger partial charge in [0.1, 0.15) is 0 Å². The second-order valence-corrected chi connectivity index (χ2v) is 12.9. The predicted molar refractivity (Wildman–Crippen MR) is 137 cm³/mol. The molecular weight excluding hydrogens is 408 g/mol. The quantitative estimate of drug-likeness (QED) is 0.568. The van der Waals surface area contributed by atoms with Crippen molar-refractivity contribution in [2.45, 2.75) is 98.3 Å². The summed E-state index contributed by atoms with van der Waals surface area (Å²) in [6.45, 7) is 13.8. The van der Waals surface area contributed by atoms with Crippen LogP contribution < -0.4 is 0 Å². The summed E-state index contributed by atoms with van der Waals surface area (Å²) in [5, 5.41) is 22.0. The van der Waals surface area contributed by atoms with Gasteiger partial charge < -0.3 is 15.1 Å². The van der Waals surface area contributed by atoms with E-state index in [0.717, 1.165) is 44.2 Å².